The van der Waals surface area contributed by atoms with Crippen LogP contribution in [0.3, 0.4) is 0 Å². The molecule has 0 atom stereocenters. The summed E-state index contributed by atoms with van der Waals surface area (Å²) in [7, 11) is 0. The van der Waals surface area contributed by atoms with Gasteiger partial charge in [0.05, 0.1) is 0 Å². The van der Waals surface area contributed by atoms with Crippen molar-refractivity contribution >= 4 is 11.5 Å². The van der Waals surface area contributed by atoms with Crippen molar-refractivity contribution in [1.29, 1.82) is 0 Å². The van der Waals surface area contributed by atoms with Crippen LogP contribution < -0.4 is 11.0 Å². The molecule has 2 aromatic heterocycles. The molecule has 0 radical (unpaired) electrons. The van der Waals surface area contributed by atoms with E-state index < -0.39 is 0 Å². The van der Waals surface area contributed by atoms with Gasteiger partial charge >= 0.3 is 5.69 Å². The fraction of sp³-hybridized carbons (Fsp3) is 0.375. The Morgan fingerprint density at radius 1 is 1.64 bits per heavy atom. The number of nitrogens with zero attached hydrogens (tertiary/aromatic N) is 3. The Morgan fingerprint density at radius 2 is 2.43 bits per heavy atom. The third kappa shape index (κ3) is 1.24. The number of fused-ring (bicyclic) bond motifs is 1. The average Bonchev–Trinajstić information content (AvgIpc) is 2.48. The van der Waals surface area contributed by atoms with Crippen LogP contribution in [0.4, 0.5) is 5.82 Å². The molecule has 0 fully saturated rings. The molecule has 14 heavy (non-hydrogen) atoms. The number of nitrogens with one attached hydrogen (secondary N) is 2. The minimum absolute atomic E-state index is 0.256. The molecule has 6 heteroatoms. The van der Waals surface area contributed by atoms with Gasteiger partial charge in [0.15, 0.2) is 5.65 Å². The highest BCUT2D eigenvalue weighted by atomic mass is 16.1. The lowest BCUT2D eigenvalue weighted by molar-refractivity contribution is 0.934. The number of hydrogen-bond donors (Lipinski definition) is 2. The van der Waals surface area contributed by atoms with Gasteiger partial charge in [0.25, 0.3) is 0 Å². The zero-order chi connectivity index (χ0) is 10.1. The normalized spacial score (nSPS) is 10.7. The fourth-order valence-electron chi connectivity index (χ4n) is 1.37. The summed E-state index contributed by atoms with van der Waals surface area (Å²) in [5.41, 5.74) is 0.325. The predicted molar refractivity (Wildman–Crippen MR) is 52.5 cm³/mol. The Balaban J connectivity index is 2.68. The van der Waals surface area contributed by atoms with Crippen molar-refractivity contribution in [1.82, 2.24) is 19.6 Å². The summed E-state index contributed by atoms with van der Waals surface area (Å²) in [6.45, 7) is 4.54. The fourth-order valence-corrected chi connectivity index (χ4v) is 1.37. The summed E-state index contributed by atoms with van der Waals surface area (Å²) in [6, 6.07) is 1.73. The Hall–Kier alpha value is -1.85. The van der Waals surface area contributed by atoms with Crippen LogP contribution in [0.2, 0.25) is 0 Å². The lowest BCUT2D eigenvalue weighted by Gasteiger charge is -2.03. The van der Waals surface area contributed by atoms with Crippen LogP contribution in [0, 0.1) is 6.92 Å². The predicted octanol–water partition coefficient (Wildman–Crippen LogP) is 0.158. The van der Waals surface area contributed by atoms with Crippen LogP contribution in [0.15, 0.2) is 10.9 Å². The minimum Gasteiger partial charge on any atom is -0.370 e. The second-order valence-corrected chi connectivity index (χ2v) is 2.94. The van der Waals surface area contributed by atoms with E-state index >= 15 is 0 Å². The van der Waals surface area contributed by atoms with E-state index in [1.165, 1.54) is 4.40 Å². The van der Waals surface area contributed by atoms with Crippen LogP contribution >= 0.6 is 0 Å². The van der Waals surface area contributed by atoms with Crippen molar-refractivity contribution in [2.45, 2.75) is 13.8 Å². The third-order valence-corrected chi connectivity index (χ3v) is 1.93. The van der Waals surface area contributed by atoms with Crippen molar-refractivity contribution in [3.05, 3.63) is 22.4 Å². The molecular weight excluding hydrogens is 182 g/mol. The number of rotatable bonds is 2. The van der Waals surface area contributed by atoms with E-state index in [-0.39, 0.29) is 5.69 Å². The summed E-state index contributed by atoms with van der Waals surface area (Å²) < 4.78 is 1.43. The molecule has 2 heterocycles. The molecular formula is C8H11N5O. The van der Waals surface area contributed by atoms with Gasteiger partial charge in [0.1, 0.15) is 11.6 Å². The summed E-state index contributed by atoms with van der Waals surface area (Å²) in [5, 5.41) is 9.31. The molecule has 2 aromatic rings. The first-order valence-corrected chi connectivity index (χ1v) is 4.41. The third-order valence-electron chi connectivity index (χ3n) is 1.93. The zero-order valence-corrected chi connectivity index (χ0v) is 8.03. The van der Waals surface area contributed by atoms with Crippen LogP contribution in [-0.4, -0.2) is 26.1 Å². The highest BCUT2D eigenvalue weighted by Gasteiger charge is 2.05. The summed E-state index contributed by atoms with van der Waals surface area (Å²) in [5.74, 6) is 1.36. The van der Waals surface area contributed by atoms with Gasteiger partial charge in [0.2, 0.25) is 0 Å². The molecule has 0 spiro atoms. The first kappa shape index (κ1) is 8.74. The smallest absolute Gasteiger partial charge is 0.349 e. The molecule has 0 saturated carbocycles. The molecule has 0 unspecified atom stereocenters. The standard InChI is InChI=1S/C8H11N5O/c1-3-9-6-4-7-11-12-8(14)13(7)5(2)10-6/h4,9H,3H2,1-2H3,(H,12,14). The number of aryl methyl sites for hydroxylation is 1. The molecule has 0 aliphatic rings. The maximum atomic E-state index is 11.3. The average molecular weight is 193 g/mol. The van der Waals surface area contributed by atoms with Gasteiger partial charge in [-0.2, -0.15) is 5.10 Å². The Bertz CT molecular complexity index is 512. The molecule has 0 amide bonds. The molecule has 2 N–H and O–H groups in total. The summed E-state index contributed by atoms with van der Waals surface area (Å²) in [4.78, 5) is 15.5. The monoisotopic (exact) mass is 193 g/mol. The van der Waals surface area contributed by atoms with Crippen molar-refractivity contribution in [2.24, 2.45) is 0 Å². The van der Waals surface area contributed by atoms with Gasteiger partial charge in [-0.3, -0.25) is 0 Å². The number of H-pyrrole nitrogens is 1. The molecule has 74 valence electrons. The van der Waals surface area contributed by atoms with Gasteiger partial charge < -0.3 is 5.32 Å². The maximum Gasteiger partial charge on any atom is 0.349 e. The zero-order valence-electron chi connectivity index (χ0n) is 8.03. The van der Waals surface area contributed by atoms with Crippen LogP contribution in [0.5, 0.6) is 0 Å². The SMILES string of the molecule is CCNc1cc2n[nH]c(=O)n2c(C)n1. The molecule has 0 bridgehead atoms. The van der Waals surface area contributed by atoms with E-state index in [1.807, 2.05) is 6.92 Å². The maximum absolute atomic E-state index is 11.3. The molecule has 0 saturated heterocycles. The van der Waals surface area contributed by atoms with Gasteiger partial charge in [-0.05, 0) is 13.8 Å². The lowest BCUT2D eigenvalue weighted by atomic mass is 10.5. The Morgan fingerprint density at radius 3 is 3.14 bits per heavy atom. The minimum atomic E-state index is -0.256. The second-order valence-electron chi connectivity index (χ2n) is 2.94. The van der Waals surface area contributed by atoms with Crippen molar-refractivity contribution in [2.75, 3.05) is 11.9 Å². The van der Waals surface area contributed by atoms with Gasteiger partial charge in [-0.1, -0.05) is 0 Å². The summed E-state index contributed by atoms with van der Waals surface area (Å²) in [6.07, 6.45) is 0. The van der Waals surface area contributed by atoms with Crippen LogP contribution in [0.25, 0.3) is 5.65 Å². The van der Waals surface area contributed by atoms with Gasteiger partial charge in [-0.15, -0.1) is 0 Å². The number of aromatic nitrogens is 4. The Kier molecular flexibility index (Phi) is 1.95. The van der Waals surface area contributed by atoms with Gasteiger partial charge in [-0.25, -0.2) is 19.3 Å². The van der Waals surface area contributed by atoms with E-state index in [1.54, 1.807) is 13.0 Å². The second kappa shape index (κ2) is 3.13. The van der Waals surface area contributed by atoms with E-state index in [9.17, 15) is 4.79 Å². The van der Waals surface area contributed by atoms with E-state index in [0.29, 0.717) is 11.5 Å². The largest absolute Gasteiger partial charge is 0.370 e. The number of anilines is 1. The molecule has 0 aromatic carbocycles. The number of aromatic amines is 1. The van der Waals surface area contributed by atoms with Crippen LogP contribution in [0.1, 0.15) is 12.7 Å². The molecule has 0 aliphatic heterocycles. The highest BCUT2D eigenvalue weighted by molar-refractivity contribution is 5.49. The van der Waals surface area contributed by atoms with E-state index in [2.05, 4.69) is 20.5 Å². The van der Waals surface area contributed by atoms with Crippen molar-refractivity contribution in [3.8, 4) is 0 Å². The van der Waals surface area contributed by atoms with E-state index in [4.69, 9.17) is 0 Å². The molecule has 2 rings (SSSR count). The van der Waals surface area contributed by atoms with Crippen LogP contribution in [-0.2, 0) is 0 Å². The topological polar surface area (TPSA) is 75.1 Å². The Labute approximate surface area is 80.0 Å². The first-order chi connectivity index (χ1) is 6.72. The highest BCUT2D eigenvalue weighted by Crippen LogP contribution is 2.06. The van der Waals surface area contributed by atoms with Crippen molar-refractivity contribution < 1.29 is 0 Å². The van der Waals surface area contributed by atoms with E-state index in [0.717, 1.165) is 12.4 Å². The lowest BCUT2D eigenvalue weighted by Crippen LogP contribution is -2.14. The number of hydrogen-bond acceptors (Lipinski definition) is 4. The summed E-state index contributed by atoms with van der Waals surface area (Å²) >= 11 is 0. The molecule has 0 aliphatic carbocycles. The van der Waals surface area contributed by atoms with Gasteiger partial charge in [0, 0.05) is 12.6 Å². The quantitative estimate of drug-likeness (QED) is 0.712. The van der Waals surface area contributed by atoms with Crippen molar-refractivity contribution in [3.63, 3.8) is 0 Å². The molecule has 6 nitrogen and oxygen atoms in total. The first-order valence-electron chi connectivity index (χ1n) is 4.41.